The van der Waals surface area contributed by atoms with Crippen LogP contribution in [0.1, 0.15) is 49.5 Å². The lowest BCUT2D eigenvalue weighted by Gasteiger charge is -2.31. The molecule has 3 rings (SSSR count). The highest BCUT2D eigenvalue weighted by molar-refractivity contribution is 7.90. The molecule has 35 heavy (non-hydrogen) atoms. The third-order valence-electron chi connectivity index (χ3n) is 5.77. The molecular weight excluding hydrogens is 470 g/mol. The van der Waals surface area contributed by atoms with Gasteiger partial charge >= 0.3 is 0 Å². The second kappa shape index (κ2) is 10.9. The summed E-state index contributed by atoms with van der Waals surface area (Å²) >= 11 is 0. The molecule has 1 heterocycles. The summed E-state index contributed by atoms with van der Waals surface area (Å²) in [4.78, 5) is 40.4. The first-order valence-electron chi connectivity index (χ1n) is 11.5. The Morgan fingerprint density at radius 1 is 1.09 bits per heavy atom. The van der Waals surface area contributed by atoms with E-state index in [1.807, 2.05) is 20.8 Å². The Hall–Kier alpha value is -3.40. The Morgan fingerprint density at radius 3 is 2.31 bits per heavy atom. The van der Waals surface area contributed by atoms with Crippen LogP contribution in [0.5, 0.6) is 5.75 Å². The maximum absolute atomic E-state index is 13.4. The molecule has 2 aromatic rings. The van der Waals surface area contributed by atoms with E-state index in [1.165, 1.54) is 17.0 Å². The van der Waals surface area contributed by atoms with E-state index < -0.39 is 27.9 Å². The Morgan fingerprint density at radius 2 is 1.74 bits per heavy atom. The molecule has 0 saturated heterocycles. The fraction of sp³-hybridized carbons (Fsp3) is 0.400. The molecule has 3 amide bonds. The molecule has 0 bridgehead atoms. The second-order valence-corrected chi connectivity index (χ2v) is 10.4. The van der Waals surface area contributed by atoms with Gasteiger partial charge in [0.2, 0.25) is 11.8 Å². The number of amides is 3. The smallest absolute Gasteiger partial charge is 0.269 e. The van der Waals surface area contributed by atoms with Gasteiger partial charge in [0.15, 0.2) is 0 Å². The van der Waals surface area contributed by atoms with E-state index in [0.29, 0.717) is 12.2 Å². The van der Waals surface area contributed by atoms with Gasteiger partial charge in [0.25, 0.3) is 15.9 Å². The topological polar surface area (TPSA) is 113 Å². The normalized spacial score (nSPS) is 15.0. The lowest BCUT2D eigenvalue weighted by molar-refractivity contribution is -0.141. The van der Waals surface area contributed by atoms with Crippen LogP contribution >= 0.6 is 0 Å². The third kappa shape index (κ3) is 5.64. The van der Waals surface area contributed by atoms with Gasteiger partial charge in [0.1, 0.15) is 16.7 Å². The molecule has 1 atom stereocenters. The number of sulfonamides is 1. The quantitative estimate of drug-likeness (QED) is 0.535. The van der Waals surface area contributed by atoms with Gasteiger partial charge in [-0.25, -0.2) is 12.7 Å². The lowest BCUT2D eigenvalue weighted by atomic mass is 10.1. The van der Waals surface area contributed by atoms with Crippen molar-refractivity contribution >= 4 is 27.7 Å². The molecular formula is C25H31N3O6S. The third-order valence-corrected chi connectivity index (χ3v) is 7.61. The molecule has 0 aromatic heterocycles. The van der Waals surface area contributed by atoms with Gasteiger partial charge in [-0.1, -0.05) is 31.2 Å². The zero-order valence-corrected chi connectivity index (χ0v) is 21.2. The van der Waals surface area contributed by atoms with E-state index in [9.17, 15) is 22.8 Å². The van der Waals surface area contributed by atoms with Gasteiger partial charge in [-0.15, -0.1) is 0 Å². The summed E-state index contributed by atoms with van der Waals surface area (Å²) in [7, 11) is -2.47. The number of fused-ring (bicyclic) bond motifs is 1. The van der Waals surface area contributed by atoms with Crippen LogP contribution in [0.4, 0.5) is 0 Å². The molecule has 0 unspecified atom stereocenters. The summed E-state index contributed by atoms with van der Waals surface area (Å²) < 4.78 is 31.6. The zero-order chi connectivity index (χ0) is 25.8. The predicted molar refractivity (Wildman–Crippen MR) is 130 cm³/mol. The van der Waals surface area contributed by atoms with Crippen LogP contribution in [0.15, 0.2) is 53.4 Å². The van der Waals surface area contributed by atoms with Crippen molar-refractivity contribution in [1.82, 2.24) is 14.5 Å². The SMILES string of the molecule is CC[C@@H](C(=O)NC(C)C)N(Cc1ccc(OC)cc1)C(=O)CCN1C(=O)c2ccccc2S1(=O)=O. The minimum absolute atomic E-state index is 0.0599. The van der Waals surface area contributed by atoms with Crippen LogP contribution in [-0.4, -0.2) is 61.1 Å². The zero-order valence-electron chi connectivity index (χ0n) is 20.4. The Labute approximate surface area is 206 Å². The molecule has 0 saturated carbocycles. The number of hydrogen-bond acceptors (Lipinski definition) is 6. The van der Waals surface area contributed by atoms with Crippen molar-refractivity contribution < 1.29 is 27.5 Å². The van der Waals surface area contributed by atoms with Crippen LogP contribution in [0.3, 0.4) is 0 Å². The summed E-state index contributed by atoms with van der Waals surface area (Å²) in [5.41, 5.74) is 0.880. The van der Waals surface area contributed by atoms with Crippen molar-refractivity contribution in [1.29, 1.82) is 0 Å². The Kier molecular flexibility index (Phi) is 8.16. The first-order chi connectivity index (χ1) is 16.6. The standard InChI is InChI=1S/C25H31N3O6S/c1-5-21(24(30)26-17(2)3)27(16-18-10-12-19(34-4)13-11-18)23(29)14-15-28-25(31)20-8-6-7-9-22(20)35(28,32)33/h6-13,17,21H,5,14-16H2,1-4H3,(H,26,30)/t21-/m0/s1. The number of rotatable bonds is 10. The van der Waals surface area contributed by atoms with E-state index in [1.54, 1.807) is 43.5 Å². The van der Waals surface area contributed by atoms with Gasteiger partial charge in [0.05, 0.1) is 12.7 Å². The van der Waals surface area contributed by atoms with Gasteiger partial charge in [-0.2, -0.15) is 0 Å². The summed E-state index contributed by atoms with van der Waals surface area (Å²) in [5.74, 6) is -0.708. The van der Waals surface area contributed by atoms with Crippen LogP contribution in [0, 0.1) is 0 Å². The Bertz CT molecular complexity index is 1190. The maximum atomic E-state index is 13.4. The number of ether oxygens (including phenoxy) is 1. The van der Waals surface area contributed by atoms with E-state index in [4.69, 9.17) is 4.74 Å². The van der Waals surface area contributed by atoms with Crippen LogP contribution in [0.25, 0.3) is 0 Å². The molecule has 0 spiro atoms. The Balaban J connectivity index is 1.83. The number of carbonyl (C=O) groups is 3. The minimum atomic E-state index is -4.02. The summed E-state index contributed by atoms with van der Waals surface area (Å²) in [6, 6.07) is 12.2. The predicted octanol–water partition coefficient (Wildman–Crippen LogP) is 2.56. The molecule has 1 aliphatic rings. The average molecular weight is 502 g/mol. The molecule has 0 aliphatic carbocycles. The first kappa shape index (κ1) is 26.2. The molecule has 1 aliphatic heterocycles. The molecule has 1 N–H and O–H groups in total. The molecule has 188 valence electrons. The number of nitrogens with one attached hydrogen (secondary N) is 1. The van der Waals surface area contributed by atoms with E-state index >= 15 is 0 Å². The fourth-order valence-corrected chi connectivity index (χ4v) is 5.59. The minimum Gasteiger partial charge on any atom is -0.497 e. The van der Waals surface area contributed by atoms with Crippen molar-refractivity contribution in [3.8, 4) is 5.75 Å². The fourth-order valence-electron chi connectivity index (χ4n) is 4.02. The van der Waals surface area contributed by atoms with Crippen LogP contribution in [-0.2, 0) is 26.2 Å². The molecule has 9 nitrogen and oxygen atoms in total. The van der Waals surface area contributed by atoms with Crippen molar-refractivity contribution in [2.45, 2.75) is 57.1 Å². The maximum Gasteiger partial charge on any atom is 0.269 e. The molecule has 0 radical (unpaired) electrons. The van der Waals surface area contributed by atoms with Crippen molar-refractivity contribution in [2.75, 3.05) is 13.7 Å². The van der Waals surface area contributed by atoms with E-state index in [2.05, 4.69) is 5.32 Å². The highest BCUT2D eigenvalue weighted by Gasteiger charge is 2.41. The number of carbonyl (C=O) groups excluding carboxylic acids is 3. The monoisotopic (exact) mass is 501 g/mol. The van der Waals surface area contributed by atoms with Gasteiger partial charge in [-0.05, 0) is 50.1 Å². The summed E-state index contributed by atoms with van der Waals surface area (Å²) in [6.07, 6.45) is 0.118. The highest BCUT2D eigenvalue weighted by Crippen LogP contribution is 2.30. The first-order valence-corrected chi connectivity index (χ1v) is 12.9. The summed E-state index contributed by atoms with van der Waals surface area (Å²) in [5, 5.41) is 2.85. The largest absolute Gasteiger partial charge is 0.497 e. The highest BCUT2D eigenvalue weighted by atomic mass is 32.2. The van der Waals surface area contributed by atoms with Gasteiger partial charge in [-0.3, -0.25) is 14.4 Å². The van der Waals surface area contributed by atoms with Gasteiger partial charge in [0, 0.05) is 25.6 Å². The molecule has 0 fully saturated rings. The summed E-state index contributed by atoms with van der Waals surface area (Å²) in [6.45, 7) is 5.32. The molecule has 10 heteroatoms. The van der Waals surface area contributed by atoms with E-state index in [-0.39, 0.29) is 41.9 Å². The molecule has 2 aromatic carbocycles. The number of methoxy groups -OCH3 is 1. The van der Waals surface area contributed by atoms with Crippen LogP contribution in [0.2, 0.25) is 0 Å². The van der Waals surface area contributed by atoms with Crippen molar-refractivity contribution in [3.05, 3.63) is 59.7 Å². The van der Waals surface area contributed by atoms with Crippen molar-refractivity contribution in [3.63, 3.8) is 0 Å². The van der Waals surface area contributed by atoms with Crippen molar-refractivity contribution in [2.24, 2.45) is 0 Å². The number of benzene rings is 2. The average Bonchev–Trinajstić information content (AvgIpc) is 3.02. The van der Waals surface area contributed by atoms with Gasteiger partial charge < -0.3 is 15.0 Å². The lowest BCUT2D eigenvalue weighted by Crippen LogP contribution is -2.51. The number of nitrogens with zero attached hydrogens (tertiary/aromatic N) is 2. The van der Waals surface area contributed by atoms with E-state index in [0.717, 1.165) is 9.87 Å². The second-order valence-electron chi connectivity index (χ2n) is 8.59. The van der Waals surface area contributed by atoms with Crippen LogP contribution < -0.4 is 10.1 Å². The number of hydrogen-bond donors (Lipinski definition) is 1.